The molecular weight excluding hydrogens is 441 g/mol. The molecule has 4 rings (SSSR count). The van der Waals surface area contributed by atoms with Gasteiger partial charge in [-0.15, -0.1) is 0 Å². The van der Waals surface area contributed by atoms with Crippen LogP contribution in [0.2, 0.25) is 0 Å². The molecule has 6 nitrogen and oxygen atoms in total. The van der Waals surface area contributed by atoms with Crippen LogP contribution in [0.5, 0.6) is 0 Å². The molecule has 0 aliphatic carbocycles. The summed E-state index contributed by atoms with van der Waals surface area (Å²) in [6.07, 6.45) is 0. The molecule has 0 bridgehead atoms. The first kappa shape index (κ1) is 23.1. The molecule has 3 aromatic carbocycles. The van der Waals surface area contributed by atoms with Gasteiger partial charge in [-0.1, -0.05) is 42.5 Å². The molecule has 0 saturated carbocycles. The minimum atomic E-state index is -3.46. The van der Waals surface area contributed by atoms with E-state index < -0.39 is 10.0 Å². The van der Waals surface area contributed by atoms with Crippen molar-refractivity contribution in [1.29, 1.82) is 0 Å². The quantitative estimate of drug-likeness (QED) is 0.579. The summed E-state index contributed by atoms with van der Waals surface area (Å²) < 4.78 is 40.0. The van der Waals surface area contributed by atoms with Gasteiger partial charge in [0.25, 0.3) is 5.91 Å². The van der Waals surface area contributed by atoms with Crippen LogP contribution in [0.3, 0.4) is 0 Å². The van der Waals surface area contributed by atoms with Crippen molar-refractivity contribution in [2.24, 2.45) is 0 Å². The Bertz CT molecular complexity index is 1180. The zero-order valence-electron chi connectivity index (χ0n) is 18.2. The number of carbonyl (C=O) groups is 1. The van der Waals surface area contributed by atoms with Crippen molar-refractivity contribution in [2.75, 3.05) is 26.2 Å². The molecule has 1 fully saturated rings. The van der Waals surface area contributed by atoms with Crippen molar-refractivity contribution in [3.05, 3.63) is 101 Å². The van der Waals surface area contributed by atoms with Gasteiger partial charge in [0, 0.05) is 44.8 Å². The SMILES string of the molecule is O=C(NCc1ccc(F)cc1)c1ccc(CN2CCN(S(=O)(=O)c3ccccc3)CC2)cc1. The third kappa shape index (κ3) is 5.84. The summed E-state index contributed by atoms with van der Waals surface area (Å²) >= 11 is 0. The molecule has 1 aliphatic heterocycles. The number of rotatable bonds is 7. The summed E-state index contributed by atoms with van der Waals surface area (Å²) in [7, 11) is -3.46. The van der Waals surface area contributed by atoms with E-state index in [1.165, 1.54) is 16.4 Å². The van der Waals surface area contributed by atoms with E-state index in [9.17, 15) is 17.6 Å². The van der Waals surface area contributed by atoms with E-state index in [0.29, 0.717) is 49.7 Å². The fourth-order valence-electron chi connectivity index (χ4n) is 3.78. The smallest absolute Gasteiger partial charge is 0.251 e. The zero-order valence-corrected chi connectivity index (χ0v) is 19.0. The lowest BCUT2D eigenvalue weighted by Gasteiger charge is -2.34. The molecule has 8 heteroatoms. The highest BCUT2D eigenvalue weighted by atomic mass is 32.2. The average molecular weight is 468 g/mol. The zero-order chi connectivity index (χ0) is 23.3. The number of halogens is 1. The highest BCUT2D eigenvalue weighted by Gasteiger charge is 2.28. The van der Waals surface area contributed by atoms with E-state index in [2.05, 4.69) is 10.2 Å². The molecule has 1 saturated heterocycles. The molecule has 0 aromatic heterocycles. The molecule has 172 valence electrons. The van der Waals surface area contributed by atoms with Gasteiger partial charge in [-0.25, -0.2) is 12.8 Å². The molecule has 1 heterocycles. The maximum absolute atomic E-state index is 13.0. The van der Waals surface area contributed by atoms with Crippen molar-refractivity contribution in [3.63, 3.8) is 0 Å². The van der Waals surface area contributed by atoms with Gasteiger partial charge in [-0.3, -0.25) is 9.69 Å². The summed E-state index contributed by atoms with van der Waals surface area (Å²) in [6, 6.07) is 21.9. The minimum Gasteiger partial charge on any atom is -0.348 e. The molecule has 1 N–H and O–H groups in total. The molecule has 0 atom stereocenters. The Kier molecular flexibility index (Phi) is 7.17. The van der Waals surface area contributed by atoms with Gasteiger partial charge in [0.2, 0.25) is 10.0 Å². The molecule has 33 heavy (non-hydrogen) atoms. The topological polar surface area (TPSA) is 69.7 Å². The first-order chi connectivity index (χ1) is 15.9. The summed E-state index contributed by atoms with van der Waals surface area (Å²) in [4.78, 5) is 14.9. The van der Waals surface area contributed by atoms with E-state index in [1.807, 2.05) is 12.1 Å². The summed E-state index contributed by atoms with van der Waals surface area (Å²) in [5.74, 6) is -0.495. The van der Waals surface area contributed by atoms with Crippen molar-refractivity contribution in [1.82, 2.24) is 14.5 Å². The van der Waals surface area contributed by atoms with Gasteiger partial charge in [-0.2, -0.15) is 4.31 Å². The molecule has 0 radical (unpaired) electrons. The highest BCUT2D eigenvalue weighted by Crippen LogP contribution is 2.18. The van der Waals surface area contributed by atoms with E-state index in [1.54, 1.807) is 54.6 Å². The van der Waals surface area contributed by atoms with Gasteiger partial charge < -0.3 is 5.32 Å². The Morgan fingerprint density at radius 1 is 0.818 bits per heavy atom. The predicted molar refractivity (Wildman–Crippen MR) is 124 cm³/mol. The lowest BCUT2D eigenvalue weighted by Crippen LogP contribution is -2.48. The number of nitrogens with zero attached hydrogens (tertiary/aromatic N) is 2. The second kappa shape index (κ2) is 10.2. The maximum atomic E-state index is 13.0. The number of hydrogen-bond acceptors (Lipinski definition) is 4. The number of sulfonamides is 1. The first-order valence-electron chi connectivity index (χ1n) is 10.8. The third-order valence-corrected chi connectivity index (χ3v) is 7.61. The third-order valence-electron chi connectivity index (χ3n) is 5.70. The second-order valence-corrected chi connectivity index (χ2v) is 9.94. The van der Waals surface area contributed by atoms with Crippen LogP contribution >= 0.6 is 0 Å². The number of piperazine rings is 1. The normalized spacial score (nSPS) is 15.3. The Labute approximate surface area is 193 Å². The highest BCUT2D eigenvalue weighted by molar-refractivity contribution is 7.89. The van der Waals surface area contributed by atoms with Crippen LogP contribution in [-0.4, -0.2) is 49.7 Å². The van der Waals surface area contributed by atoms with E-state index in [4.69, 9.17) is 0 Å². The standard InChI is InChI=1S/C25H26FN3O3S/c26-23-12-8-20(9-13-23)18-27-25(30)22-10-6-21(7-11-22)19-28-14-16-29(17-15-28)33(31,32)24-4-2-1-3-5-24/h1-13H,14-19H2,(H,27,30). The van der Waals surface area contributed by atoms with E-state index in [-0.39, 0.29) is 11.7 Å². The second-order valence-electron chi connectivity index (χ2n) is 8.00. The summed E-state index contributed by atoms with van der Waals surface area (Å²) in [6.45, 7) is 3.20. The van der Waals surface area contributed by atoms with Crippen LogP contribution in [0.4, 0.5) is 4.39 Å². The van der Waals surface area contributed by atoms with Gasteiger partial charge in [0.15, 0.2) is 0 Å². The monoisotopic (exact) mass is 467 g/mol. The number of hydrogen-bond donors (Lipinski definition) is 1. The van der Waals surface area contributed by atoms with Crippen LogP contribution in [0.25, 0.3) is 0 Å². The Hall–Kier alpha value is -3.07. The van der Waals surface area contributed by atoms with E-state index in [0.717, 1.165) is 11.1 Å². The molecule has 0 spiro atoms. The number of benzene rings is 3. The van der Waals surface area contributed by atoms with Crippen LogP contribution in [0, 0.1) is 5.82 Å². The fraction of sp³-hybridized carbons (Fsp3) is 0.240. The molecule has 0 unspecified atom stereocenters. The maximum Gasteiger partial charge on any atom is 0.251 e. The average Bonchev–Trinajstić information content (AvgIpc) is 2.85. The summed E-state index contributed by atoms with van der Waals surface area (Å²) in [5.41, 5.74) is 2.44. The fourth-order valence-corrected chi connectivity index (χ4v) is 5.22. The van der Waals surface area contributed by atoms with Gasteiger partial charge in [0.05, 0.1) is 4.90 Å². The van der Waals surface area contributed by atoms with E-state index >= 15 is 0 Å². The Morgan fingerprint density at radius 3 is 2.06 bits per heavy atom. The lowest BCUT2D eigenvalue weighted by atomic mass is 10.1. The van der Waals surface area contributed by atoms with Crippen molar-refractivity contribution >= 4 is 15.9 Å². The molecule has 1 aliphatic rings. The molecular formula is C25H26FN3O3S. The summed E-state index contributed by atoms with van der Waals surface area (Å²) in [5, 5.41) is 2.83. The van der Waals surface area contributed by atoms with Crippen LogP contribution in [-0.2, 0) is 23.1 Å². The number of amides is 1. The van der Waals surface area contributed by atoms with Crippen LogP contribution < -0.4 is 5.32 Å². The van der Waals surface area contributed by atoms with Crippen LogP contribution in [0.15, 0.2) is 83.8 Å². The van der Waals surface area contributed by atoms with Gasteiger partial charge in [0.1, 0.15) is 5.82 Å². The van der Waals surface area contributed by atoms with Gasteiger partial charge in [-0.05, 0) is 47.5 Å². The molecule has 1 amide bonds. The van der Waals surface area contributed by atoms with Crippen molar-refractivity contribution in [2.45, 2.75) is 18.0 Å². The minimum absolute atomic E-state index is 0.189. The number of carbonyl (C=O) groups excluding carboxylic acids is 1. The van der Waals surface area contributed by atoms with Crippen molar-refractivity contribution in [3.8, 4) is 0 Å². The van der Waals surface area contributed by atoms with Gasteiger partial charge >= 0.3 is 0 Å². The lowest BCUT2D eigenvalue weighted by molar-refractivity contribution is 0.0951. The Morgan fingerprint density at radius 2 is 1.42 bits per heavy atom. The predicted octanol–water partition coefficient (Wildman–Crippen LogP) is 3.26. The Balaban J connectivity index is 1.27. The van der Waals surface area contributed by atoms with Crippen LogP contribution in [0.1, 0.15) is 21.5 Å². The van der Waals surface area contributed by atoms with Crippen molar-refractivity contribution < 1.29 is 17.6 Å². The molecule has 3 aromatic rings. The number of nitrogens with one attached hydrogen (secondary N) is 1. The largest absolute Gasteiger partial charge is 0.348 e. The first-order valence-corrected chi connectivity index (χ1v) is 12.2.